The van der Waals surface area contributed by atoms with Crippen molar-refractivity contribution in [2.45, 2.75) is 20.8 Å². The Bertz CT molecular complexity index is 329. The third-order valence-corrected chi connectivity index (χ3v) is 2.38. The molecule has 0 amide bonds. The molecule has 0 saturated heterocycles. The highest BCUT2D eigenvalue weighted by molar-refractivity contribution is 9.10. The number of halogens is 1. The van der Waals surface area contributed by atoms with Crippen LogP contribution in [0.25, 0.3) is 0 Å². The van der Waals surface area contributed by atoms with Gasteiger partial charge in [0.2, 0.25) is 0 Å². The van der Waals surface area contributed by atoms with E-state index < -0.39 is 0 Å². The summed E-state index contributed by atoms with van der Waals surface area (Å²) < 4.78 is 6.56. The van der Waals surface area contributed by atoms with E-state index >= 15 is 0 Å². The fraction of sp³-hybridized carbons (Fsp3) is 0.273. The number of hydrogen-bond acceptors (Lipinski definition) is 1. The lowest BCUT2D eigenvalue weighted by Gasteiger charge is -2.07. The van der Waals surface area contributed by atoms with E-state index in [-0.39, 0.29) is 0 Å². The molecule has 13 heavy (non-hydrogen) atoms. The van der Waals surface area contributed by atoms with Crippen LogP contribution in [-0.2, 0) is 0 Å². The zero-order valence-electron chi connectivity index (χ0n) is 8.10. The second-order valence-electron chi connectivity index (χ2n) is 2.94. The summed E-state index contributed by atoms with van der Waals surface area (Å²) in [6, 6.07) is 6.04. The Hall–Kier alpha value is -0.760. The lowest BCUT2D eigenvalue weighted by atomic mass is 10.2. The largest absolute Gasteiger partial charge is 0.461 e. The average molecular weight is 241 g/mol. The van der Waals surface area contributed by atoms with Crippen LogP contribution in [0.4, 0.5) is 0 Å². The molecule has 70 valence electrons. The summed E-state index contributed by atoms with van der Waals surface area (Å²) in [7, 11) is 0. The van der Waals surface area contributed by atoms with Gasteiger partial charge in [-0.3, -0.25) is 0 Å². The third-order valence-electron chi connectivity index (χ3n) is 1.76. The van der Waals surface area contributed by atoms with Gasteiger partial charge in [-0.1, -0.05) is 6.07 Å². The van der Waals surface area contributed by atoms with Gasteiger partial charge < -0.3 is 4.74 Å². The van der Waals surface area contributed by atoms with Gasteiger partial charge in [-0.25, -0.2) is 0 Å². The van der Waals surface area contributed by atoms with Crippen molar-refractivity contribution in [1.82, 2.24) is 0 Å². The molecule has 0 aliphatic carbocycles. The second-order valence-corrected chi connectivity index (χ2v) is 3.79. The molecule has 0 unspecified atom stereocenters. The summed E-state index contributed by atoms with van der Waals surface area (Å²) in [6.07, 6.45) is 1.94. The minimum absolute atomic E-state index is 0.862. The first kappa shape index (κ1) is 10.3. The SMILES string of the molecule is C/C=C(/C)Oc1ccc(C)cc1Br. The van der Waals surface area contributed by atoms with Crippen LogP contribution in [0.15, 0.2) is 34.5 Å². The minimum atomic E-state index is 0.862. The molecule has 1 rings (SSSR count). The lowest BCUT2D eigenvalue weighted by molar-refractivity contribution is 0.424. The Morgan fingerprint density at radius 1 is 1.46 bits per heavy atom. The number of benzene rings is 1. The molecule has 0 fully saturated rings. The zero-order valence-corrected chi connectivity index (χ0v) is 9.68. The maximum atomic E-state index is 5.56. The van der Waals surface area contributed by atoms with Gasteiger partial charge in [-0.05, 0) is 60.5 Å². The first-order chi connectivity index (χ1) is 6.13. The molecule has 0 saturated carbocycles. The molecule has 0 spiro atoms. The monoisotopic (exact) mass is 240 g/mol. The van der Waals surface area contributed by atoms with Crippen LogP contribution < -0.4 is 4.74 Å². The van der Waals surface area contributed by atoms with Crippen molar-refractivity contribution in [3.63, 3.8) is 0 Å². The van der Waals surface area contributed by atoms with Crippen molar-refractivity contribution in [1.29, 1.82) is 0 Å². The fourth-order valence-electron chi connectivity index (χ4n) is 0.921. The number of ether oxygens (including phenoxy) is 1. The summed E-state index contributed by atoms with van der Waals surface area (Å²) in [5.41, 5.74) is 1.22. The zero-order chi connectivity index (χ0) is 9.84. The van der Waals surface area contributed by atoms with Crippen molar-refractivity contribution >= 4 is 15.9 Å². The highest BCUT2D eigenvalue weighted by atomic mass is 79.9. The van der Waals surface area contributed by atoms with E-state index in [1.807, 2.05) is 38.1 Å². The third kappa shape index (κ3) is 2.88. The summed E-state index contributed by atoms with van der Waals surface area (Å²) in [4.78, 5) is 0. The van der Waals surface area contributed by atoms with Gasteiger partial charge in [0.1, 0.15) is 5.75 Å². The summed E-state index contributed by atoms with van der Waals surface area (Å²) in [5, 5.41) is 0. The van der Waals surface area contributed by atoms with E-state index in [1.165, 1.54) is 5.56 Å². The molecule has 0 radical (unpaired) electrons. The molecule has 0 aliphatic heterocycles. The van der Waals surface area contributed by atoms with Crippen molar-refractivity contribution in [3.05, 3.63) is 40.1 Å². The van der Waals surface area contributed by atoms with Gasteiger partial charge in [-0.15, -0.1) is 0 Å². The van der Waals surface area contributed by atoms with Gasteiger partial charge in [0.15, 0.2) is 0 Å². The second kappa shape index (κ2) is 4.47. The number of allylic oxidation sites excluding steroid dienone is 2. The molecule has 0 heterocycles. The normalized spacial score (nSPS) is 11.5. The first-order valence-electron chi connectivity index (χ1n) is 4.20. The van der Waals surface area contributed by atoms with E-state index in [2.05, 4.69) is 22.9 Å². The Morgan fingerprint density at radius 3 is 2.69 bits per heavy atom. The molecule has 1 aromatic rings. The molecular weight excluding hydrogens is 228 g/mol. The molecule has 0 atom stereocenters. The van der Waals surface area contributed by atoms with Crippen LogP contribution in [0.1, 0.15) is 19.4 Å². The fourth-order valence-corrected chi connectivity index (χ4v) is 1.50. The van der Waals surface area contributed by atoms with E-state index in [0.717, 1.165) is 16.0 Å². The Balaban J connectivity index is 2.90. The molecule has 1 nitrogen and oxygen atoms in total. The Kier molecular flexibility index (Phi) is 3.55. The van der Waals surface area contributed by atoms with Crippen LogP contribution >= 0.6 is 15.9 Å². The van der Waals surface area contributed by atoms with Crippen LogP contribution in [0.5, 0.6) is 5.75 Å². The predicted octanol–water partition coefficient (Wildman–Crippen LogP) is 4.06. The average Bonchev–Trinajstić information content (AvgIpc) is 2.09. The number of rotatable bonds is 2. The minimum Gasteiger partial charge on any atom is -0.461 e. The molecule has 1 aromatic carbocycles. The first-order valence-corrected chi connectivity index (χ1v) is 4.99. The molecular formula is C11H13BrO. The molecule has 2 heteroatoms. The molecule has 0 aromatic heterocycles. The van der Waals surface area contributed by atoms with Gasteiger partial charge in [0, 0.05) is 0 Å². The smallest absolute Gasteiger partial charge is 0.141 e. The molecule has 0 bridgehead atoms. The maximum Gasteiger partial charge on any atom is 0.141 e. The lowest BCUT2D eigenvalue weighted by Crippen LogP contribution is -1.91. The van der Waals surface area contributed by atoms with E-state index in [4.69, 9.17) is 4.74 Å². The number of aryl methyl sites for hydroxylation is 1. The Morgan fingerprint density at radius 2 is 2.15 bits per heavy atom. The van der Waals surface area contributed by atoms with E-state index in [0.29, 0.717) is 0 Å². The summed E-state index contributed by atoms with van der Waals surface area (Å²) in [6.45, 7) is 5.95. The van der Waals surface area contributed by atoms with E-state index in [1.54, 1.807) is 0 Å². The summed E-state index contributed by atoms with van der Waals surface area (Å²) in [5.74, 6) is 1.77. The highest BCUT2D eigenvalue weighted by Gasteiger charge is 2.00. The van der Waals surface area contributed by atoms with Crippen LogP contribution in [-0.4, -0.2) is 0 Å². The van der Waals surface area contributed by atoms with Crippen LogP contribution in [0, 0.1) is 6.92 Å². The van der Waals surface area contributed by atoms with Crippen molar-refractivity contribution in [2.24, 2.45) is 0 Å². The topological polar surface area (TPSA) is 9.23 Å². The Labute approximate surface area is 87.5 Å². The van der Waals surface area contributed by atoms with Gasteiger partial charge in [0.05, 0.1) is 10.2 Å². The van der Waals surface area contributed by atoms with Crippen molar-refractivity contribution < 1.29 is 4.74 Å². The maximum absolute atomic E-state index is 5.56. The van der Waals surface area contributed by atoms with Gasteiger partial charge in [0.25, 0.3) is 0 Å². The van der Waals surface area contributed by atoms with Crippen molar-refractivity contribution in [3.8, 4) is 5.75 Å². The summed E-state index contributed by atoms with van der Waals surface area (Å²) >= 11 is 3.45. The standard InChI is InChI=1S/C11H13BrO/c1-4-9(3)13-11-6-5-8(2)7-10(11)12/h4-7H,1-3H3/b9-4-. The van der Waals surface area contributed by atoms with E-state index in [9.17, 15) is 0 Å². The van der Waals surface area contributed by atoms with Gasteiger partial charge >= 0.3 is 0 Å². The highest BCUT2D eigenvalue weighted by Crippen LogP contribution is 2.27. The number of hydrogen-bond donors (Lipinski definition) is 0. The molecule has 0 N–H and O–H groups in total. The van der Waals surface area contributed by atoms with Crippen LogP contribution in [0.2, 0.25) is 0 Å². The quantitative estimate of drug-likeness (QED) is 0.709. The van der Waals surface area contributed by atoms with Crippen LogP contribution in [0.3, 0.4) is 0 Å². The van der Waals surface area contributed by atoms with Gasteiger partial charge in [-0.2, -0.15) is 0 Å². The predicted molar refractivity (Wildman–Crippen MR) is 58.9 cm³/mol. The van der Waals surface area contributed by atoms with Crippen molar-refractivity contribution in [2.75, 3.05) is 0 Å². The molecule has 0 aliphatic rings.